The number of carboxylic acid groups (broad SMARTS) is 2. The van der Waals surface area contributed by atoms with Crippen molar-refractivity contribution >= 4 is 57.8 Å². The number of thioether (sulfide) groups is 2. The van der Waals surface area contributed by atoms with Gasteiger partial charge in [0.05, 0.1) is 15.9 Å². The summed E-state index contributed by atoms with van der Waals surface area (Å²) in [6.45, 7) is 1.51. The van der Waals surface area contributed by atoms with E-state index in [0.717, 1.165) is 23.5 Å². The normalized spacial score (nSPS) is 13.1. The highest BCUT2D eigenvalue weighted by atomic mass is 32.2. The van der Waals surface area contributed by atoms with E-state index in [2.05, 4.69) is 5.32 Å². The average molecular weight is 377 g/mol. The largest absolute Gasteiger partial charge is 0.481 e. The lowest BCUT2D eigenvalue weighted by Gasteiger charge is -2.16. The quantitative estimate of drug-likeness (QED) is 0.590. The first-order valence-electron chi connectivity index (χ1n) is 6.38. The smallest absolute Gasteiger partial charge is 0.327 e. The minimum absolute atomic E-state index is 0.0658. The van der Waals surface area contributed by atoms with Gasteiger partial charge in [-0.2, -0.15) is 0 Å². The van der Waals surface area contributed by atoms with E-state index < -0.39 is 29.1 Å². The van der Waals surface area contributed by atoms with Gasteiger partial charge in [-0.3, -0.25) is 14.4 Å². The molecule has 2 atom stereocenters. The van der Waals surface area contributed by atoms with Crippen LogP contribution in [-0.2, 0) is 14.4 Å². The molecule has 0 bridgehead atoms. The summed E-state index contributed by atoms with van der Waals surface area (Å²) in [5.41, 5.74) is 0. The van der Waals surface area contributed by atoms with E-state index in [4.69, 9.17) is 10.2 Å². The van der Waals surface area contributed by atoms with Crippen LogP contribution < -0.4 is 5.32 Å². The van der Waals surface area contributed by atoms with Crippen molar-refractivity contribution < 1.29 is 29.4 Å². The van der Waals surface area contributed by atoms with Crippen LogP contribution in [0.1, 0.15) is 16.6 Å². The summed E-state index contributed by atoms with van der Waals surface area (Å²) in [6, 6.07) is 2.17. The monoisotopic (exact) mass is 377 g/mol. The van der Waals surface area contributed by atoms with E-state index in [-0.39, 0.29) is 16.6 Å². The van der Waals surface area contributed by atoms with Crippen LogP contribution in [0.4, 0.5) is 0 Å². The zero-order valence-electron chi connectivity index (χ0n) is 12.1. The van der Waals surface area contributed by atoms with E-state index in [0.29, 0.717) is 4.88 Å². The number of carbonyl (C=O) groups excluding carboxylic acids is 2. The Morgan fingerprint density at radius 2 is 2.00 bits per heavy atom. The van der Waals surface area contributed by atoms with Crippen LogP contribution in [0.5, 0.6) is 0 Å². The third kappa shape index (κ3) is 7.06. The summed E-state index contributed by atoms with van der Waals surface area (Å²) in [7, 11) is 0. The third-order valence-electron chi connectivity index (χ3n) is 2.50. The molecule has 2 unspecified atom stereocenters. The minimum atomic E-state index is -1.25. The van der Waals surface area contributed by atoms with Crippen LogP contribution in [0.25, 0.3) is 0 Å². The van der Waals surface area contributed by atoms with E-state index in [1.807, 2.05) is 0 Å². The predicted octanol–water partition coefficient (Wildman–Crippen LogP) is 1.40. The number of carbonyl (C=O) groups is 4. The van der Waals surface area contributed by atoms with Crippen molar-refractivity contribution in [2.75, 3.05) is 11.5 Å². The number of amides is 1. The molecule has 1 aromatic heterocycles. The van der Waals surface area contributed by atoms with E-state index in [1.54, 1.807) is 17.5 Å². The molecule has 1 amide bonds. The summed E-state index contributed by atoms with van der Waals surface area (Å²) in [5.74, 6) is -3.21. The van der Waals surface area contributed by atoms with Crippen LogP contribution in [0, 0.1) is 0 Å². The number of nitrogens with one attached hydrogen (secondary N) is 1. The lowest BCUT2D eigenvalue weighted by Crippen LogP contribution is -2.45. The van der Waals surface area contributed by atoms with Crippen molar-refractivity contribution in [1.82, 2.24) is 5.32 Å². The molecule has 7 nitrogen and oxygen atoms in total. The second-order valence-corrected chi connectivity index (χ2v) is 7.62. The number of thiophene rings is 1. The second kappa shape index (κ2) is 9.58. The van der Waals surface area contributed by atoms with Crippen molar-refractivity contribution in [2.24, 2.45) is 0 Å². The van der Waals surface area contributed by atoms with Gasteiger partial charge in [0.1, 0.15) is 6.04 Å². The Kier molecular flexibility index (Phi) is 8.13. The van der Waals surface area contributed by atoms with Gasteiger partial charge in [-0.1, -0.05) is 17.8 Å². The molecule has 0 aromatic carbocycles. The zero-order valence-corrected chi connectivity index (χ0v) is 14.5. The van der Waals surface area contributed by atoms with Crippen molar-refractivity contribution in [2.45, 2.75) is 18.2 Å². The lowest BCUT2D eigenvalue weighted by molar-refractivity contribution is -0.141. The summed E-state index contributed by atoms with van der Waals surface area (Å²) in [5, 5.41) is 20.6. The number of carboxylic acids is 2. The highest BCUT2D eigenvalue weighted by molar-refractivity contribution is 8.15. The van der Waals surface area contributed by atoms with Gasteiger partial charge in [0.15, 0.2) is 0 Å². The number of aliphatic carboxylic acids is 2. The van der Waals surface area contributed by atoms with Crippen LogP contribution in [0.15, 0.2) is 17.5 Å². The average Bonchev–Trinajstić information content (AvgIpc) is 2.99. The van der Waals surface area contributed by atoms with Crippen LogP contribution >= 0.6 is 34.9 Å². The summed E-state index contributed by atoms with van der Waals surface area (Å²) >= 11 is 2.97. The second-order valence-electron chi connectivity index (χ2n) is 4.33. The molecule has 126 valence electrons. The highest BCUT2D eigenvalue weighted by Gasteiger charge is 2.25. The molecule has 3 N–H and O–H groups in total. The maximum absolute atomic E-state index is 12.0. The van der Waals surface area contributed by atoms with Gasteiger partial charge >= 0.3 is 11.9 Å². The van der Waals surface area contributed by atoms with Crippen LogP contribution in [0.2, 0.25) is 0 Å². The standard InChI is InChI=1S/C13H15NO6S3/c1-7(23-13(20)9-3-2-4-22-9)11(17)14-8(12(18)19)5-21-6-10(15)16/h2-4,7-8H,5-6H2,1H3,(H,14,17)(H,15,16)(H,18,19). The SMILES string of the molecule is CC(SC(=O)c1cccs1)C(=O)NC(CSCC(=O)O)C(=O)O. The van der Waals surface area contributed by atoms with Gasteiger partial charge in [0, 0.05) is 5.75 Å². The van der Waals surface area contributed by atoms with Gasteiger partial charge < -0.3 is 15.5 Å². The Hall–Kier alpha value is -1.52. The fourth-order valence-corrected chi connectivity index (χ4v) is 3.67. The summed E-state index contributed by atoms with van der Waals surface area (Å²) in [4.78, 5) is 45.9. The zero-order chi connectivity index (χ0) is 17.4. The molecule has 0 aliphatic carbocycles. The lowest BCUT2D eigenvalue weighted by atomic mass is 10.3. The van der Waals surface area contributed by atoms with Gasteiger partial charge in [0.25, 0.3) is 0 Å². The Balaban J connectivity index is 2.51. The Morgan fingerprint density at radius 3 is 2.52 bits per heavy atom. The maximum Gasteiger partial charge on any atom is 0.327 e. The molecule has 0 fully saturated rings. The molecule has 0 saturated carbocycles. The molecule has 23 heavy (non-hydrogen) atoms. The van der Waals surface area contributed by atoms with E-state index >= 15 is 0 Å². The summed E-state index contributed by atoms with van der Waals surface area (Å²) < 4.78 is 0. The minimum Gasteiger partial charge on any atom is -0.481 e. The van der Waals surface area contributed by atoms with E-state index in [9.17, 15) is 19.2 Å². The molecule has 1 aromatic rings. The fraction of sp³-hybridized carbons (Fsp3) is 0.385. The topological polar surface area (TPSA) is 121 Å². The molecular weight excluding hydrogens is 362 g/mol. The Bertz CT molecular complexity index is 574. The highest BCUT2D eigenvalue weighted by Crippen LogP contribution is 2.21. The maximum atomic E-state index is 12.0. The first kappa shape index (κ1) is 19.5. The molecule has 1 rings (SSSR count). The fourth-order valence-electron chi connectivity index (χ4n) is 1.39. The Labute approximate surface area is 144 Å². The molecule has 10 heteroatoms. The third-order valence-corrected chi connectivity index (χ3v) is 5.52. The van der Waals surface area contributed by atoms with Crippen LogP contribution in [-0.4, -0.2) is 56.0 Å². The van der Waals surface area contributed by atoms with Crippen molar-refractivity contribution in [3.8, 4) is 0 Å². The molecule has 0 aliphatic heterocycles. The van der Waals surface area contributed by atoms with Crippen molar-refractivity contribution in [3.63, 3.8) is 0 Å². The first-order chi connectivity index (χ1) is 10.8. The molecule has 0 spiro atoms. The molecular formula is C13H15NO6S3. The van der Waals surface area contributed by atoms with Crippen molar-refractivity contribution in [3.05, 3.63) is 22.4 Å². The first-order valence-corrected chi connectivity index (χ1v) is 9.30. The molecule has 0 radical (unpaired) electrons. The number of hydrogen-bond acceptors (Lipinski definition) is 7. The molecule has 1 heterocycles. The van der Waals surface area contributed by atoms with Gasteiger partial charge in [-0.05, 0) is 18.4 Å². The van der Waals surface area contributed by atoms with Crippen molar-refractivity contribution in [1.29, 1.82) is 0 Å². The van der Waals surface area contributed by atoms with Crippen LogP contribution in [0.3, 0.4) is 0 Å². The Morgan fingerprint density at radius 1 is 1.30 bits per heavy atom. The summed E-state index contributed by atoms with van der Waals surface area (Å²) in [6.07, 6.45) is 0. The van der Waals surface area contributed by atoms with Gasteiger partial charge in [-0.15, -0.1) is 23.1 Å². The number of hydrogen-bond donors (Lipinski definition) is 3. The predicted molar refractivity (Wildman–Crippen MR) is 90.2 cm³/mol. The van der Waals surface area contributed by atoms with Gasteiger partial charge in [0.2, 0.25) is 11.0 Å². The number of rotatable bonds is 9. The molecule has 0 aliphatic rings. The molecule has 0 saturated heterocycles. The van der Waals surface area contributed by atoms with Gasteiger partial charge in [-0.25, -0.2) is 4.79 Å². The van der Waals surface area contributed by atoms with E-state index in [1.165, 1.54) is 18.3 Å².